The van der Waals surface area contributed by atoms with Crippen molar-refractivity contribution in [2.45, 2.75) is 11.4 Å². The highest BCUT2D eigenvalue weighted by Crippen LogP contribution is 2.21. The average Bonchev–Trinajstić information content (AvgIpc) is 2.52. The molecule has 3 rings (SSSR count). The third-order valence-electron chi connectivity index (χ3n) is 3.20. The zero-order chi connectivity index (χ0) is 14.7. The molecule has 3 nitrogen and oxygen atoms in total. The van der Waals surface area contributed by atoms with Crippen molar-refractivity contribution in [1.82, 2.24) is 9.55 Å². The van der Waals surface area contributed by atoms with E-state index in [1.807, 2.05) is 18.3 Å². The molecule has 0 amide bonds. The van der Waals surface area contributed by atoms with Crippen molar-refractivity contribution in [2.75, 3.05) is 5.75 Å². The number of thioether (sulfide) groups is 1. The Morgan fingerprint density at radius 3 is 2.76 bits per heavy atom. The summed E-state index contributed by atoms with van der Waals surface area (Å²) < 4.78 is 3.17. The molecule has 0 N–H and O–H groups in total. The minimum absolute atomic E-state index is 0.0456. The lowest BCUT2D eigenvalue weighted by Crippen LogP contribution is -2.09. The molecule has 0 atom stereocenters. The Labute approximate surface area is 135 Å². The summed E-state index contributed by atoms with van der Waals surface area (Å²) >= 11 is 5.23. The lowest BCUT2D eigenvalue weighted by atomic mass is 10.2. The minimum atomic E-state index is 0.0456. The first-order valence-corrected chi connectivity index (χ1v) is 8.33. The highest BCUT2D eigenvalue weighted by atomic mass is 79.9. The molecular formula is C16H13BrN2OS. The molecule has 2 heterocycles. The molecule has 0 spiro atoms. The standard InChI is InChI=1S/C16H13BrN2OS/c17-12-1-3-13(4-2-12)21-10-9-19-8-6-16(20)14-5-7-18-11-15(14)19/h1-8,11H,9-10H2. The molecule has 0 fully saturated rings. The van der Waals surface area contributed by atoms with Gasteiger partial charge in [-0.3, -0.25) is 9.78 Å². The highest BCUT2D eigenvalue weighted by Gasteiger charge is 2.02. The fraction of sp³-hybridized carbons (Fsp3) is 0.125. The summed E-state index contributed by atoms with van der Waals surface area (Å²) in [6, 6.07) is 11.7. The summed E-state index contributed by atoms with van der Waals surface area (Å²) in [5.74, 6) is 0.939. The van der Waals surface area contributed by atoms with Crippen LogP contribution in [0.5, 0.6) is 0 Å². The molecule has 0 bridgehead atoms. The van der Waals surface area contributed by atoms with Crippen LogP contribution in [0.3, 0.4) is 0 Å². The smallest absolute Gasteiger partial charge is 0.189 e. The van der Waals surface area contributed by atoms with Crippen LogP contribution in [0.1, 0.15) is 0 Å². The number of aromatic nitrogens is 2. The molecule has 0 aliphatic rings. The van der Waals surface area contributed by atoms with Crippen LogP contribution in [0.15, 0.2) is 69.2 Å². The van der Waals surface area contributed by atoms with Crippen LogP contribution in [0.4, 0.5) is 0 Å². The lowest BCUT2D eigenvalue weighted by molar-refractivity contribution is 0.795. The van der Waals surface area contributed by atoms with Crippen molar-refractivity contribution in [3.05, 3.63) is 69.7 Å². The Balaban J connectivity index is 1.75. The van der Waals surface area contributed by atoms with Crippen molar-refractivity contribution in [3.8, 4) is 0 Å². The molecule has 0 radical (unpaired) electrons. The maximum Gasteiger partial charge on any atom is 0.189 e. The van der Waals surface area contributed by atoms with Crippen LogP contribution in [-0.2, 0) is 6.54 Å². The molecule has 0 saturated carbocycles. The number of pyridine rings is 2. The first-order valence-electron chi connectivity index (χ1n) is 6.55. The molecule has 2 aromatic heterocycles. The van der Waals surface area contributed by atoms with Crippen LogP contribution in [-0.4, -0.2) is 15.3 Å². The topological polar surface area (TPSA) is 34.9 Å². The molecule has 0 saturated heterocycles. The molecule has 0 unspecified atom stereocenters. The van der Waals surface area contributed by atoms with Gasteiger partial charge in [-0.2, -0.15) is 0 Å². The fourth-order valence-electron chi connectivity index (χ4n) is 2.14. The summed E-state index contributed by atoms with van der Waals surface area (Å²) in [6.45, 7) is 0.837. The third kappa shape index (κ3) is 3.36. The zero-order valence-corrected chi connectivity index (χ0v) is 13.6. The second-order valence-electron chi connectivity index (χ2n) is 4.57. The van der Waals surface area contributed by atoms with Crippen LogP contribution < -0.4 is 5.43 Å². The van der Waals surface area contributed by atoms with E-state index in [0.29, 0.717) is 0 Å². The van der Waals surface area contributed by atoms with E-state index in [1.54, 1.807) is 36.3 Å². The van der Waals surface area contributed by atoms with Gasteiger partial charge in [0, 0.05) is 45.5 Å². The summed E-state index contributed by atoms with van der Waals surface area (Å²) in [7, 11) is 0. The number of rotatable bonds is 4. The second-order valence-corrected chi connectivity index (χ2v) is 6.65. The Morgan fingerprint density at radius 1 is 1.14 bits per heavy atom. The van der Waals surface area contributed by atoms with Gasteiger partial charge < -0.3 is 4.57 Å². The van der Waals surface area contributed by atoms with Gasteiger partial charge in [0.05, 0.1) is 11.7 Å². The first kappa shape index (κ1) is 14.4. The number of benzene rings is 1. The highest BCUT2D eigenvalue weighted by molar-refractivity contribution is 9.10. The van der Waals surface area contributed by atoms with Crippen molar-refractivity contribution in [2.24, 2.45) is 0 Å². The summed E-state index contributed by atoms with van der Waals surface area (Å²) in [5, 5.41) is 0.723. The van der Waals surface area contributed by atoms with E-state index in [1.165, 1.54) is 4.90 Å². The van der Waals surface area contributed by atoms with Crippen molar-refractivity contribution in [3.63, 3.8) is 0 Å². The van der Waals surface area contributed by atoms with Gasteiger partial charge >= 0.3 is 0 Å². The Hall–Kier alpha value is -1.59. The van der Waals surface area contributed by atoms with E-state index in [0.717, 1.165) is 27.7 Å². The molecule has 21 heavy (non-hydrogen) atoms. The third-order valence-corrected chi connectivity index (χ3v) is 4.72. The lowest BCUT2D eigenvalue weighted by Gasteiger charge is -2.10. The van der Waals surface area contributed by atoms with Gasteiger partial charge in [-0.15, -0.1) is 11.8 Å². The Bertz CT molecular complexity index is 814. The van der Waals surface area contributed by atoms with E-state index in [-0.39, 0.29) is 5.43 Å². The molecular weight excluding hydrogens is 348 g/mol. The zero-order valence-electron chi connectivity index (χ0n) is 11.2. The minimum Gasteiger partial charge on any atom is -0.345 e. The Morgan fingerprint density at radius 2 is 1.95 bits per heavy atom. The number of aryl methyl sites for hydroxylation is 1. The number of hydrogen-bond donors (Lipinski definition) is 0. The fourth-order valence-corrected chi connectivity index (χ4v) is 3.26. The van der Waals surface area contributed by atoms with Crippen molar-refractivity contribution in [1.29, 1.82) is 0 Å². The van der Waals surface area contributed by atoms with Crippen LogP contribution in [0.2, 0.25) is 0 Å². The molecule has 0 aliphatic carbocycles. The van der Waals surface area contributed by atoms with Gasteiger partial charge in [-0.05, 0) is 30.3 Å². The van der Waals surface area contributed by atoms with E-state index >= 15 is 0 Å². The Kier molecular flexibility index (Phi) is 4.41. The predicted octanol–water partition coefficient (Wildman–Crippen LogP) is 3.95. The molecule has 106 valence electrons. The SMILES string of the molecule is O=c1ccn(CCSc2ccc(Br)cc2)c2cnccc12. The second kappa shape index (κ2) is 6.45. The van der Waals surface area contributed by atoms with E-state index in [4.69, 9.17) is 0 Å². The summed E-state index contributed by atoms with van der Waals surface area (Å²) in [6.07, 6.45) is 5.25. The van der Waals surface area contributed by atoms with Gasteiger partial charge in [0.2, 0.25) is 0 Å². The quantitative estimate of drug-likeness (QED) is 0.660. The monoisotopic (exact) mass is 360 g/mol. The van der Waals surface area contributed by atoms with Crippen LogP contribution in [0.25, 0.3) is 10.9 Å². The van der Waals surface area contributed by atoms with Gasteiger partial charge in [0.15, 0.2) is 5.43 Å². The van der Waals surface area contributed by atoms with Crippen molar-refractivity contribution < 1.29 is 0 Å². The normalized spacial score (nSPS) is 10.9. The molecule has 3 aromatic rings. The number of fused-ring (bicyclic) bond motifs is 1. The van der Waals surface area contributed by atoms with Gasteiger partial charge in [-0.1, -0.05) is 15.9 Å². The van der Waals surface area contributed by atoms with Gasteiger partial charge in [0.25, 0.3) is 0 Å². The number of nitrogens with zero attached hydrogens (tertiary/aromatic N) is 2. The van der Waals surface area contributed by atoms with Crippen molar-refractivity contribution >= 4 is 38.6 Å². The molecule has 0 aliphatic heterocycles. The maximum absolute atomic E-state index is 11.8. The number of halogens is 1. The summed E-state index contributed by atoms with van der Waals surface area (Å²) in [5.41, 5.74) is 0.936. The van der Waals surface area contributed by atoms with Crippen LogP contribution in [0, 0.1) is 0 Å². The summed E-state index contributed by atoms with van der Waals surface area (Å²) in [4.78, 5) is 17.2. The predicted molar refractivity (Wildman–Crippen MR) is 90.9 cm³/mol. The van der Waals surface area contributed by atoms with Gasteiger partial charge in [-0.25, -0.2) is 0 Å². The van der Waals surface area contributed by atoms with E-state index < -0.39 is 0 Å². The number of hydrogen-bond acceptors (Lipinski definition) is 3. The largest absolute Gasteiger partial charge is 0.345 e. The maximum atomic E-state index is 11.8. The molecule has 1 aromatic carbocycles. The van der Waals surface area contributed by atoms with E-state index in [9.17, 15) is 4.79 Å². The van der Waals surface area contributed by atoms with E-state index in [2.05, 4.69) is 37.6 Å². The van der Waals surface area contributed by atoms with Crippen LogP contribution >= 0.6 is 27.7 Å². The van der Waals surface area contributed by atoms with Gasteiger partial charge in [0.1, 0.15) is 0 Å². The molecule has 5 heteroatoms. The average molecular weight is 361 g/mol. The first-order chi connectivity index (χ1) is 10.2.